The normalized spacial score (nSPS) is 29.0. The van der Waals surface area contributed by atoms with E-state index in [0.29, 0.717) is 16.4 Å². The zero-order valence-corrected chi connectivity index (χ0v) is 12.9. The van der Waals surface area contributed by atoms with Gasteiger partial charge < -0.3 is 4.74 Å². The van der Waals surface area contributed by atoms with Gasteiger partial charge in [-0.3, -0.25) is 4.79 Å². The van der Waals surface area contributed by atoms with E-state index >= 15 is 0 Å². The first-order valence-electron chi connectivity index (χ1n) is 7.38. The molecule has 4 heteroatoms. The highest BCUT2D eigenvalue weighted by Crippen LogP contribution is 2.44. The summed E-state index contributed by atoms with van der Waals surface area (Å²) in [6, 6.07) is 3.67. The van der Waals surface area contributed by atoms with Gasteiger partial charge in [0, 0.05) is 28.0 Å². The van der Waals surface area contributed by atoms with Gasteiger partial charge in [-0.15, -0.1) is 0 Å². The molecule has 0 N–H and O–H groups in total. The summed E-state index contributed by atoms with van der Waals surface area (Å²) in [5.41, 5.74) is 1.57. The summed E-state index contributed by atoms with van der Waals surface area (Å²) in [7, 11) is 1.60. The van der Waals surface area contributed by atoms with E-state index in [2.05, 4.69) is 16.7 Å². The molecule has 1 aromatic heterocycles. The third kappa shape index (κ3) is 2.71. The quantitative estimate of drug-likeness (QED) is 0.797. The molecule has 2 aliphatic heterocycles. The second kappa shape index (κ2) is 5.76. The van der Waals surface area contributed by atoms with E-state index in [4.69, 9.17) is 4.74 Å². The van der Waals surface area contributed by atoms with Crippen molar-refractivity contribution in [2.75, 3.05) is 7.11 Å². The Hall–Kier alpha value is -1.03. The lowest BCUT2D eigenvalue weighted by Crippen LogP contribution is -2.33. The number of carbonyl (C=O) groups excluding carboxylic acids is 1. The van der Waals surface area contributed by atoms with E-state index in [1.54, 1.807) is 13.2 Å². The van der Waals surface area contributed by atoms with Crippen molar-refractivity contribution < 1.29 is 9.53 Å². The number of thioether (sulfide) groups is 1. The molecule has 108 valence electrons. The molecule has 0 amide bonds. The number of rotatable bonds is 3. The first-order chi connectivity index (χ1) is 9.67. The maximum absolute atomic E-state index is 12.8. The fraction of sp³-hybridized carbons (Fsp3) is 0.625. The van der Waals surface area contributed by atoms with E-state index in [1.807, 2.05) is 13.0 Å². The molecule has 0 aliphatic carbocycles. The molecule has 2 atom stereocenters. The molecule has 0 aromatic carbocycles. The third-order valence-electron chi connectivity index (χ3n) is 4.44. The number of aromatic nitrogens is 1. The molecule has 2 fully saturated rings. The summed E-state index contributed by atoms with van der Waals surface area (Å²) < 4.78 is 5.11. The van der Waals surface area contributed by atoms with Crippen LogP contribution in [0, 0.1) is 12.8 Å². The van der Waals surface area contributed by atoms with Gasteiger partial charge in [0.25, 0.3) is 0 Å². The van der Waals surface area contributed by atoms with Gasteiger partial charge in [-0.05, 0) is 38.7 Å². The van der Waals surface area contributed by atoms with Gasteiger partial charge in [-0.1, -0.05) is 6.42 Å². The average Bonchev–Trinajstić information content (AvgIpc) is 2.46. The number of hydrogen-bond donors (Lipinski definition) is 0. The molecule has 0 radical (unpaired) electrons. The number of methoxy groups -OCH3 is 1. The number of hydrogen-bond acceptors (Lipinski definition) is 4. The Balaban J connectivity index is 1.78. The SMILES string of the molecule is COc1ccc(C(=O)C2CC3CCCC(C2)S3)c(C)n1. The second-order valence-electron chi connectivity index (χ2n) is 5.83. The molecular formula is C16H21NO2S. The van der Waals surface area contributed by atoms with Crippen LogP contribution in [0.25, 0.3) is 0 Å². The first-order valence-corrected chi connectivity index (χ1v) is 8.33. The number of ketones is 1. The fourth-order valence-corrected chi connectivity index (χ4v) is 5.24. The van der Waals surface area contributed by atoms with Crippen molar-refractivity contribution in [3.63, 3.8) is 0 Å². The van der Waals surface area contributed by atoms with Gasteiger partial charge in [0.05, 0.1) is 12.8 Å². The minimum absolute atomic E-state index is 0.195. The maximum Gasteiger partial charge on any atom is 0.213 e. The predicted octanol–water partition coefficient (Wildman–Crippen LogP) is 3.65. The van der Waals surface area contributed by atoms with Crippen molar-refractivity contribution in [3.05, 3.63) is 23.4 Å². The highest BCUT2D eigenvalue weighted by molar-refractivity contribution is 8.00. The lowest BCUT2D eigenvalue weighted by atomic mass is 9.84. The maximum atomic E-state index is 12.8. The lowest BCUT2D eigenvalue weighted by molar-refractivity contribution is 0.0895. The highest BCUT2D eigenvalue weighted by atomic mass is 32.2. The van der Waals surface area contributed by atoms with Crippen LogP contribution in [0.5, 0.6) is 5.88 Å². The van der Waals surface area contributed by atoms with Crippen molar-refractivity contribution in [3.8, 4) is 5.88 Å². The van der Waals surface area contributed by atoms with Crippen LogP contribution in [0.1, 0.15) is 48.2 Å². The molecule has 2 aliphatic rings. The Bertz CT molecular complexity index is 505. The van der Waals surface area contributed by atoms with Crippen molar-refractivity contribution in [1.29, 1.82) is 0 Å². The van der Waals surface area contributed by atoms with Crippen molar-refractivity contribution in [2.45, 2.75) is 49.5 Å². The Morgan fingerprint density at radius 1 is 1.30 bits per heavy atom. The van der Waals surface area contributed by atoms with E-state index in [0.717, 1.165) is 24.1 Å². The molecule has 2 bridgehead atoms. The number of pyridine rings is 1. The molecule has 0 spiro atoms. The summed E-state index contributed by atoms with van der Waals surface area (Å²) in [4.78, 5) is 17.1. The van der Waals surface area contributed by atoms with Crippen LogP contribution in [0.3, 0.4) is 0 Å². The van der Waals surface area contributed by atoms with Crippen molar-refractivity contribution >= 4 is 17.5 Å². The number of ether oxygens (including phenoxy) is 1. The monoisotopic (exact) mass is 291 g/mol. The van der Waals surface area contributed by atoms with Crippen molar-refractivity contribution in [1.82, 2.24) is 4.98 Å². The summed E-state index contributed by atoms with van der Waals surface area (Å²) in [5.74, 6) is 1.06. The molecule has 3 rings (SSSR count). The smallest absolute Gasteiger partial charge is 0.213 e. The second-order valence-corrected chi connectivity index (χ2v) is 7.44. The number of Topliss-reactive ketones (excluding diaryl/α,β-unsaturated/α-hetero) is 1. The van der Waals surface area contributed by atoms with Crippen LogP contribution < -0.4 is 4.74 Å². The third-order valence-corrected chi connectivity index (χ3v) is 6.06. The molecular weight excluding hydrogens is 270 g/mol. The standard InChI is InChI=1S/C16H21NO2S/c1-10-14(6-7-15(17-10)19-2)16(18)11-8-12-4-3-5-13(9-11)20-12/h6-7,11-13H,3-5,8-9H2,1-2H3. The Kier molecular flexibility index (Phi) is 4.01. The number of nitrogens with zero attached hydrogens (tertiary/aromatic N) is 1. The summed E-state index contributed by atoms with van der Waals surface area (Å²) in [6.45, 7) is 1.90. The Morgan fingerprint density at radius 3 is 2.60 bits per heavy atom. The Labute approximate surface area is 124 Å². The van der Waals surface area contributed by atoms with Crippen LogP contribution in [0.2, 0.25) is 0 Å². The van der Waals surface area contributed by atoms with E-state index < -0.39 is 0 Å². The van der Waals surface area contributed by atoms with Gasteiger partial charge in [-0.2, -0.15) is 11.8 Å². The Morgan fingerprint density at radius 2 is 2.00 bits per heavy atom. The van der Waals surface area contributed by atoms with Gasteiger partial charge in [0.2, 0.25) is 5.88 Å². The molecule has 1 aromatic rings. The summed E-state index contributed by atoms with van der Waals surface area (Å²) in [5, 5.41) is 1.39. The average molecular weight is 291 g/mol. The molecule has 3 heterocycles. The molecule has 2 unspecified atom stereocenters. The molecule has 2 saturated heterocycles. The fourth-order valence-electron chi connectivity index (χ4n) is 3.41. The number of carbonyl (C=O) groups is 1. The minimum Gasteiger partial charge on any atom is -0.481 e. The van der Waals surface area contributed by atoms with E-state index in [1.165, 1.54) is 19.3 Å². The topological polar surface area (TPSA) is 39.2 Å². The first kappa shape index (κ1) is 13.9. The zero-order chi connectivity index (χ0) is 14.1. The summed E-state index contributed by atoms with van der Waals surface area (Å²) >= 11 is 2.11. The van der Waals surface area contributed by atoms with Crippen LogP contribution in [-0.4, -0.2) is 28.4 Å². The summed E-state index contributed by atoms with van der Waals surface area (Å²) in [6.07, 6.45) is 6.00. The predicted molar refractivity (Wildman–Crippen MR) is 81.6 cm³/mol. The largest absolute Gasteiger partial charge is 0.481 e. The van der Waals surface area contributed by atoms with Crippen LogP contribution in [0.4, 0.5) is 0 Å². The van der Waals surface area contributed by atoms with E-state index in [9.17, 15) is 4.79 Å². The number of aryl methyl sites for hydroxylation is 1. The van der Waals surface area contributed by atoms with Crippen molar-refractivity contribution in [2.24, 2.45) is 5.92 Å². The van der Waals surface area contributed by atoms with Crippen LogP contribution in [-0.2, 0) is 0 Å². The van der Waals surface area contributed by atoms with Crippen LogP contribution >= 0.6 is 11.8 Å². The molecule has 3 nitrogen and oxygen atoms in total. The van der Waals surface area contributed by atoms with Gasteiger partial charge >= 0.3 is 0 Å². The van der Waals surface area contributed by atoms with Gasteiger partial charge in [0.1, 0.15) is 0 Å². The van der Waals surface area contributed by atoms with E-state index in [-0.39, 0.29) is 11.7 Å². The van der Waals surface area contributed by atoms with Gasteiger partial charge in [0.15, 0.2) is 5.78 Å². The number of fused-ring (bicyclic) bond motifs is 2. The van der Waals surface area contributed by atoms with Crippen LogP contribution in [0.15, 0.2) is 12.1 Å². The molecule has 20 heavy (non-hydrogen) atoms. The zero-order valence-electron chi connectivity index (χ0n) is 12.1. The highest BCUT2D eigenvalue weighted by Gasteiger charge is 2.36. The van der Waals surface area contributed by atoms with Gasteiger partial charge in [-0.25, -0.2) is 4.98 Å². The lowest BCUT2D eigenvalue weighted by Gasteiger charge is -2.38. The molecule has 0 saturated carbocycles. The minimum atomic E-state index is 0.195.